The molecule has 0 fully saturated rings. The molecule has 118 valence electrons. The smallest absolute Gasteiger partial charge is 0.0408 e. The Hall–Kier alpha value is -1.79. The Bertz CT molecular complexity index is 817. The molecule has 3 rings (SSSR count). The zero-order chi connectivity index (χ0) is 16.4. The molecule has 0 nitrogen and oxygen atoms in total. The summed E-state index contributed by atoms with van der Waals surface area (Å²) >= 11 is 6.14. The summed E-state index contributed by atoms with van der Waals surface area (Å²) in [6, 6.07) is 21.6. The molecule has 0 amide bonds. The largest absolute Gasteiger partial charge is 0.0843 e. The van der Waals surface area contributed by atoms with Crippen LogP contribution in [0.5, 0.6) is 0 Å². The van der Waals surface area contributed by atoms with Crippen LogP contribution in [0.15, 0.2) is 60.7 Å². The monoisotopic (exact) mass is 322 g/mol. The molecule has 1 unspecified atom stereocenters. The van der Waals surface area contributed by atoms with Crippen molar-refractivity contribution < 1.29 is 0 Å². The second-order valence-corrected chi connectivity index (χ2v) is 7.16. The van der Waals surface area contributed by atoms with Gasteiger partial charge in [0.2, 0.25) is 0 Å². The van der Waals surface area contributed by atoms with Crippen LogP contribution in [0.2, 0.25) is 5.02 Å². The van der Waals surface area contributed by atoms with Crippen molar-refractivity contribution in [3.8, 4) is 0 Å². The van der Waals surface area contributed by atoms with Gasteiger partial charge in [-0.05, 0) is 57.9 Å². The second kappa shape index (κ2) is 6.76. The molecule has 0 aliphatic heterocycles. The summed E-state index contributed by atoms with van der Waals surface area (Å²) < 4.78 is 0. The molecular weight excluding hydrogens is 300 g/mol. The molecule has 0 aliphatic rings. The van der Waals surface area contributed by atoms with Crippen LogP contribution in [0.1, 0.15) is 49.3 Å². The van der Waals surface area contributed by atoms with Gasteiger partial charge in [0.1, 0.15) is 0 Å². The molecule has 23 heavy (non-hydrogen) atoms. The third-order valence-electron chi connectivity index (χ3n) is 4.54. The van der Waals surface area contributed by atoms with Crippen molar-refractivity contribution in [2.24, 2.45) is 0 Å². The number of benzene rings is 3. The molecule has 3 aromatic rings. The third kappa shape index (κ3) is 3.59. The predicted molar refractivity (Wildman–Crippen MR) is 102 cm³/mol. The van der Waals surface area contributed by atoms with E-state index in [-0.39, 0.29) is 0 Å². The first kappa shape index (κ1) is 16.1. The highest BCUT2D eigenvalue weighted by Crippen LogP contribution is 2.30. The van der Waals surface area contributed by atoms with Gasteiger partial charge in [0.25, 0.3) is 0 Å². The Morgan fingerprint density at radius 3 is 2.39 bits per heavy atom. The van der Waals surface area contributed by atoms with Crippen molar-refractivity contribution in [3.63, 3.8) is 0 Å². The highest BCUT2D eigenvalue weighted by Gasteiger charge is 2.11. The van der Waals surface area contributed by atoms with Gasteiger partial charge in [-0.2, -0.15) is 0 Å². The maximum atomic E-state index is 6.14. The van der Waals surface area contributed by atoms with Crippen molar-refractivity contribution in [1.29, 1.82) is 0 Å². The van der Waals surface area contributed by atoms with E-state index in [0.717, 1.165) is 11.4 Å². The lowest BCUT2D eigenvalue weighted by molar-refractivity contribution is 0.757. The summed E-state index contributed by atoms with van der Waals surface area (Å²) in [5, 5.41) is 3.53. The van der Waals surface area contributed by atoms with E-state index in [4.69, 9.17) is 11.6 Å². The first-order valence-corrected chi connectivity index (χ1v) is 8.69. The second-order valence-electron chi connectivity index (χ2n) is 6.72. The maximum Gasteiger partial charge on any atom is 0.0408 e. The van der Waals surface area contributed by atoms with Gasteiger partial charge < -0.3 is 0 Å². The quantitative estimate of drug-likeness (QED) is 0.487. The lowest BCUT2D eigenvalue weighted by Gasteiger charge is -2.16. The molecule has 0 bridgehead atoms. The van der Waals surface area contributed by atoms with Gasteiger partial charge in [-0.15, -0.1) is 0 Å². The van der Waals surface area contributed by atoms with Gasteiger partial charge in [-0.1, -0.05) is 80.9 Å². The van der Waals surface area contributed by atoms with E-state index < -0.39 is 0 Å². The van der Waals surface area contributed by atoms with Crippen LogP contribution in [-0.4, -0.2) is 0 Å². The Balaban J connectivity index is 1.97. The Morgan fingerprint density at radius 1 is 0.870 bits per heavy atom. The van der Waals surface area contributed by atoms with E-state index in [1.165, 1.54) is 27.5 Å². The Morgan fingerprint density at radius 2 is 1.65 bits per heavy atom. The lowest BCUT2D eigenvalue weighted by Crippen LogP contribution is -2.00. The number of fused-ring (bicyclic) bond motifs is 1. The molecule has 0 spiro atoms. The van der Waals surface area contributed by atoms with Crippen molar-refractivity contribution in [3.05, 3.63) is 82.4 Å². The van der Waals surface area contributed by atoms with Gasteiger partial charge in [-0.25, -0.2) is 0 Å². The number of halogens is 1. The van der Waals surface area contributed by atoms with E-state index in [1.54, 1.807) is 0 Å². The standard InChI is InChI=1S/C22H23Cl/c1-15(2)22-13-17(12-19-7-4-5-10-21(19)22)11-16(3)18-8-6-9-20(23)14-18/h4-10,12-16H,11H2,1-3H3. The van der Waals surface area contributed by atoms with E-state index in [2.05, 4.69) is 69.3 Å². The number of rotatable bonds is 4. The molecule has 1 heteroatoms. The molecule has 3 aromatic carbocycles. The minimum Gasteiger partial charge on any atom is -0.0843 e. The summed E-state index contributed by atoms with van der Waals surface area (Å²) in [6.45, 7) is 6.81. The summed E-state index contributed by atoms with van der Waals surface area (Å²) in [5.74, 6) is 0.983. The lowest BCUT2D eigenvalue weighted by atomic mass is 9.88. The SMILES string of the molecule is CC(C)c1cc(CC(C)c2cccc(Cl)c2)cc2ccccc12. The molecular formula is C22H23Cl. The third-order valence-corrected chi connectivity index (χ3v) is 4.77. The minimum absolute atomic E-state index is 0.454. The normalized spacial score (nSPS) is 12.7. The molecule has 1 atom stereocenters. The van der Waals surface area contributed by atoms with Crippen molar-refractivity contribution in [2.45, 2.75) is 39.0 Å². The molecule has 0 aliphatic carbocycles. The highest BCUT2D eigenvalue weighted by atomic mass is 35.5. The zero-order valence-corrected chi connectivity index (χ0v) is 14.8. The van der Waals surface area contributed by atoms with E-state index in [1.807, 2.05) is 12.1 Å². The van der Waals surface area contributed by atoms with Crippen molar-refractivity contribution in [1.82, 2.24) is 0 Å². The van der Waals surface area contributed by atoms with Gasteiger partial charge in [-0.3, -0.25) is 0 Å². The molecule has 0 aromatic heterocycles. The molecule has 0 N–H and O–H groups in total. The average molecular weight is 323 g/mol. The van der Waals surface area contributed by atoms with Crippen molar-refractivity contribution >= 4 is 22.4 Å². The van der Waals surface area contributed by atoms with Gasteiger partial charge in [0.05, 0.1) is 0 Å². The van der Waals surface area contributed by atoms with Crippen LogP contribution in [0.4, 0.5) is 0 Å². The highest BCUT2D eigenvalue weighted by molar-refractivity contribution is 6.30. The summed E-state index contributed by atoms with van der Waals surface area (Å²) in [6.07, 6.45) is 1.03. The van der Waals surface area contributed by atoms with E-state index in [9.17, 15) is 0 Å². The van der Waals surface area contributed by atoms with Crippen LogP contribution in [0.25, 0.3) is 10.8 Å². The van der Waals surface area contributed by atoms with Gasteiger partial charge >= 0.3 is 0 Å². The van der Waals surface area contributed by atoms with Gasteiger partial charge in [0, 0.05) is 5.02 Å². The molecule has 0 saturated heterocycles. The topological polar surface area (TPSA) is 0 Å². The van der Waals surface area contributed by atoms with Crippen molar-refractivity contribution in [2.75, 3.05) is 0 Å². The minimum atomic E-state index is 0.454. The molecule has 0 saturated carbocycles. The fourth-order valence-corrected chi connectivity index (χ4v) is 3.48. The van der Waals surface area contributed by atoms with Crippen LogP contribution in [0, 0.1) is 0 Å². The van der Waals surface area contributed by atoms with Crippen LogP contribution < -0.4 is 0 Å². The van der Waals surface area contributed by atoms with Gasteiger partial charge in [0.15, 0.2) is 0 Å². The van der Waals surface area contributed by atoms with Crippen LogP contribution >= 0.6 is 11.6 Å². The first-order valence-electron chi connectivity index (χ1n) is 8.31. The summed E-state index contributed by atoms with van der Waals surface area (Å²) in [7, 11) is 0. The predicted octanol–water partition coefficient (Wildman–Crippen LogP) is 6.96. The summed E-state index contributed by atoms with van der Waals surface area (Å²) in [4.78, 5) is 0. The zero-order valence-electron chi connectivity index (χ0n) is 14.0. The Kier molecular flexibility index (Phi) is 4.73. The number of hydrogen-bond acceptors (Lipinski definition) is 0. The fraction of sp³-hybridized carbons (Fsp3) is 0.273. The van der Waals surface area contributed by atoms with Crippen LogP contribution in [-0.2, 0) is 6.42 Å². The molecule has 0 radical (unpaired) electrons. The fourth-order valence-electron chi connectivity index (χ4n) is 3.28. The van der Waals surface area contributed by atoms with E-state index >= 15 is 0 Å². The number of hydrogen-bond donors (Lipinski definition) is 0. The summed E-state index contributed by atoms with van der Waals surface area (Å²) in [5.41, 5.74) is 4.15. The Labute approximate surface area is 144 Å². The molecule has 0 heterocycles. The van der Waals surface area contributed by atoms with Crippen LogP contribution in [0.3, 0.4) is 0 Å². The van der Waals surface area contributed by atoms with E-state index in [0.29, 0.717) is 11.8 Å². The average Bonchev–Trinajstić information content (AvgIpc) is 2.54. The first-order chi connectivity index (χ1) is 11.0. The maximum absolute atomic E-state index is 6.14.